The second kappa shape index (κ2) is 6.14. The van der Waals surface area contributed by atoms with Crippen LogP contribution in [0.3, 0.4) is 0 Å². The first-order chi connectivity index (χ1) is 9.04. The van der Waals surface area contributed by atoms with E-state index in [-0.39, 0.29) is 5.38 Å². The lowest BCUT2D eigenvalue weighted by Gasteiger charge is -2.17. The smallest absolute Gasteiger partial charge is 0.160 e. The predicted molar refractivity (Wildman–Crippen MR) is 84.2 cm³/mol. The molecule has 0 spiro atoms. The minimum atomic E-state index is -0.105. The number of hydrogen-bond acceptors (Lipinski definition) is 3. The van der Waals surface area contributed by atoms with Crippen LogP contribution in [0.25, 0.3) is 11.2 Å². The van der Waals surface area contributed by atoms with Crippen LogP contribution in [0.5, 0.6) is 0 Å². The quantitative estimate of drug-likeness (QED) is 0.769. The van der Waals surface area contributed by atoms with Crippen LogP contribution in [-0.4, -0.2) is 26.5 Å². The lowest BCUT2D eigenvalue weighted by Crippen LogP contribution is -2.11. The van der Waals surface area contributed by atoms with Gasteiger partial charge in [-0.05, 0) is 50.8 Å². The third-order valence-corrected chi connectivity index (χ3v) is 4.07. The van der Waals surface area contributed by atoms with Gasteiger partial charge in [0.2, 0.25) is 0 Å². The third-order valence-electron chi connectivity index (χ3n) is 3.23. The maximum atomic E-state index is 6.28. The number of alkyl halides is 1. The van der Waals surface area contributed by atoms with E-state index in [1.165, 1.54) is 0 Å². The summed E-state index contributed by atoms with van der Waals surface area (Å²) in [5.41, 5.74) is 3.02. The molecule has 5 heteroatoms. The van der Waals surface area contributed by atoms with Crippen molar-refractivity contribution in [2.24, 2.45) is 0 Å². The van der Waals surface area contributed by atoms with E-state index in [0.29, 0.717) is 6.04 Å². The van der Waals surface area contributed by atoms with Gasteiger partial charge in [-0.2, -0.15) is 11.8 Å². The van der Waals surface area contributed by atoms with E-state index < -0.39 is 0 Å². The number of nitrogens with zero attached hydrogens (tertiary/aromatic N) is 3. The summed E-state index contributed by atoms with van der Waals surface area (Å²) in [6.07, 6.45) is 5.12. The molecule has 2 aromatic heterocycles. The van der Waals surface area contributed by atoms with E-state index in [2.05, 4.69) is 33.8 Å². The van der Waals surface area contributed by atoms with Gasteiger partial charge in [0.15, 0.2) is 5.65 Å². The molecule has 3 nitrogen and oxygen atoms in total. The Morgan fingerprint density at radius 1 is 1.42 bits per heavy atom. The number of pyridine rings is 1. The zero-order valence-electron chi connectivity index (χ0n) is 11.9. The summed E-state index contributed by atoms with van der Waals surface area (Å²) >= 11 is 8.14. The molecule has 104 valence electrons. The van der Waals surface area contributed by atoms with Gasteiger partial charge < -0.3 is 4.57 Å². The Labute approximate surface area is 123 Å². The molecule has 0 aliphatic rings. The molecule has 2 unspecified atom stereocenters. The summed E-state index contributed by atoms with van der Waals surface area (Å²) in [5.74, 6) is 2.05. The molecule has 19 heavy (non-hydrogen) atoms. The van der Waals surface area contributed by atoms with Gasteiger partial charge in [-0.25, -0.2) is 9.97 Å². The van der Waals surface area contributed by atoms with Crippen LogP contribution in [0.4, 0.5) is 0 Å². The van der Waals surface area contributed by atoms with Crippen molar-refractivity contribution in [2.75, 3.05) is 12.0 Å². The molecule has 2 aromatic rings. The fourth-order valence-corrected chi connectivity index (χ4v) is 2.96. The van der Waals surface area contributed by atoms with Crippen molar-refractivity contribution < 1.29 is 0 Å². The lowest BCUT2D eigenvalue weighted by atomic mass is 10.2. The normalized spacial score (nSPS) is 14.8. The van der Waals surface area contributed by atoms with Gasteiger partial charge in [0.05, 0.1) is 5.38 Å². The Morgan fingerprint density at radius 2 is 2.16 bits per heavy atom. The van der Waals surface area contributed by atoms with Crippen LogP contribution in [0.2, 0.25) is 0 Å². The van der Waals surface area contributed by atoms with E-state index in [1.54, 1.807) is 0 Å². The van der Waals surface area contributed by atoms with Crippen molar-refractivity contribution in [3.63, 3.8) is 0 Å². The van der Waals surface area contributed by atoms with Crippen LogP contribution < -0.4 is 0 Å². The van der Waals surface area contributed by atoms with Crippen molar-refractivity contribution in [3.8, 4) is 0 Å². The van der Waals surface area contributed by atoms with Gasteiger partial charge in [0, 0.05) is 12.2 Å². The Balaban J connectivity index is 2.51. The first-order valence-corrected chi connectivity index (χ1v) is 8.35. The third kappa shape index (κ3) is 3.06. The largest absolute Gasteiger partial charge is 0.309 e. The van der Waals surface area contributed by atoms with Gasteiger partial charge in [-0.1, -0.05) is 0 Å². The molecule has 0 aliphatic heterocycles. The number of rotatable bonds is 5. The Hall–Kier alpha value is -0.740. The maximum absolute atomic E-state index is 6.28. The van der Waals surface area contributed by atoms with Crippen molar-refractivity contribution >= 4 is 34.5 Å². The predicted octanol–water partition coefficient (Wildman–Crippen LogP) is 4.35. The lowest BCUT2D eigenvalue weighted by molar-refractivity contribution is 0.522. The minimum Gasteiger partial charge on any atom is -0.309 e. The summed E-state index contributed by atoms with van der Waals surface area (Å²) in [6.45, 7) is 6.21. The van der Waals surface area contributed by atoms with Crippen molar-refractivity contribution in [3.05, 3.63) is 23.7 Å². The Bertz CT molecular complexity index is 565. The summed E-state index contributed by atoms with van der Waals surface area (Å²) in [7, 11) is 0. The number of thioether (sulfide) groups is 1. The number of fused-ring (bicyclic) bond motifs is 1. The zero-order valence-corrected chi connectivity index (χ0v) is 13.4. The summed E-state index contributed by atoms with van der Waals surface area (Å²) in [5, 5.41) is -0.105. The average Bonchev–Trinajstić information content (AvgIpc) is 2.74. The van der Waals surface area contributed by atoms with Crippen molar-refractivity contribution in [1.82, 2.24) is 14.5 Å². The maximum Gasteiger partial charge on any atom is 0.160 e. The molecule has 0 fully saturated rings. The summed E-state index contributed by atoms with van der Waals surface area (Å²) in [4.78, 5) is 9.21. The highest BCUT2D eigenvalue weighted by Gasteiger charge is 2.19. The molecule has 0 saturated carbocycles. The zero-order chi connectivity index (χ0) is 14.0. The fourth-order valence-electron chi connectivity index (χ4n) is 2.23. The Morgan fingerprint density at radius 3 is 2.79 bits per heavy atom. The second-order valence-electron chi connectivity index (χ2n) is 4.94. The summed E-state index contributed by atoms with van der Waals surface area (Å²) < 4.78 is 2.20. The number of halogens is 1. The van der Waals surface area contributed by atoms with E-state index in [0.717, 1.165) is 34.7 Å². The average molecular weight is 298 g/mol. The highest BCUT2D eigenvalue weighted by molar-refractivity contribution is 7.98. The van der Waals surface area contributed by atoms with E-state index in [4.69, 9.17) is 11.6 Å². The fraction of sp³-hybridized carbons (Fsp3) is 0.571. The summed E-state index contributed by atoms with van der Waals surface area (Å²) in [6, 6.07) is 2.44. The van der Waals surface area contributed by atoms with Gasteiger partial charge in [0.1, 0.15) is 11.3 Å². The SMILES string of the molecule is CSCCC(C)n1c(C(C)Cl)nc2cc(C)cnc21. The van der Waals surface area contributed by atoms with Crippen LogP contribution >= 0.6 is 23.4 Å². The van der Waals surface area contributed by atoms with Crippen LogP contribution in [-0.2, 0) is 0 Å². The number of aromatic nitrogens is 3. The molecule has 0 aliphatic carbocycles. The van der Waals surface area contributed by atoms with Gasteiger partial charge in [-0.3, -0.25) is 0 Å². The molecule has 2 heterocycles. The first kappa shape index (κ1) is 14.7. The van der Waals surface area contributed by atoms with Crippen LogP contribution in [0.15, 0.2) is 12.3 Å². The van der Waals surface area contributed by atoms with Gasteiger partial charge in [-0.15, -0.1) is 11.6 Å². The molecule has 0 radical (unpaired) electrons. The number of imidazole rings is 1. The molecule has 0 saturated heterocycles. The molecule has 0 amide bonds. The highest BCUT2D eigenvalue weighted by Crippen LogP contribution is 2.29. The minimum absolute atomic E-state index is 0.105. The van der Waals surface area contributed by atoms with Gasteiger partial charge in [0.25, 0.3) is 0 Å². The molecular formula is C14H20ClN3S. The highest BCUT2D eigenvalue weighted by atomic mass is 35.5. The molecule has 0 bridgehead atoms. The van der Waals surface area contributed by atoms with Crippen LogP contribution in [0.1, 0.15) is 43.1 Å². The molecule has 0 aromatic carbocycles. The Kier molecular flexibility index (Phi) is 4.74. The molecule has 2 atom stereocenters. The number of aryl methyl sites for hydroxylation is 1. The second-order valence-corrected chi connectivity index (χ2v) is 6.58. The van der Waals surface area contributed by atoms with E-state index >= 15 is 0 Å². The molecular weight excluding hydrogens is 278 g/mol. The van der Waals surface area contributed by atoms with Gasteiger partial charge >= 0.3 is 0 Å². The molecule has 0 N–H and O–H groups in total. The molecule has 2 rings (SSSR count). The number of hydrogen-bond donors (Lipinski definition) is 0. The first-order valence-electron chi connectivity index (χ1n) is 6.52. The van der Waals surface area contributed by atoms with Crippen molar-refractivity contribution in [1.29, 1.82) is 0 Å². The topological polar surface area (TPSA) is 30.7 Å². The van der Waals surface area contributed by atoms with E-state index in [1.807, 2.05) is 31.8 Å². The van der Waals surface area contributed by atoms with Crippen LogP contribution in [0, 0.1) is 6.92 Å². The monoisotopic (exact) mass is 297 g/mol. The van der Waals surface area contributed by atoms with Crippen molar-refractivity contribution in [2.45, 2.75) is 38.6 Å². The standard InChI is InChI=1S/C14H20ClN3S/c1-9-7-12-14(16-8-9)18(10(2)5-6-19-4)13(17-12)11(3)15/h7-8,10-11H,5-6H2,1-4H3. The van der Waals surface area contributed by atoms with E-state index in [9.17, 15) is 0 Å².